The van der Waals surface area contributed by atoms with Crippen molar-refractivity contribution in [1.29, 1.82) is 0 Å². The number of carbonyl (C=O) groups is 1. The lowest BCUT2D eigenvalue weighted by molar-refractivity contribution is 0.0957. The molecule has 1 N–H and O–H groups in total. The smallest absolute Gasteiger partial charge is 0.265 e. The van der Waals surface area contributed by atoms with Crippen molar-refractivity contribution in [2.45, 2.75) is 19.8 Å². The van der Waals surface area contributed by atoms with Crippen molar-refractivity contribution >= 4 is 23.1 Å². The zero-order chi connectivity index (χ0) is 14.7. The monoisotopic (exact) mass is 302 g/mol. The molecule has 2 aromatic rings. The van der Waals surface area contributed by atoms with Crippen molar-refractivity contribution in [3.63, 3.8) is 0 Å². The predicted octanol–water partition coefficient (Wildman–Crippen LogP) is 1.89. The standard InChI is InChI=1S/C15H18N4OS/c1-2-12-14(21-18-17-12)15(20)16-8-10-19-9-7-11-5-3-4-6-13(11)19/h3-6H,2,7-10H2,1H3,(H,16,20). The van der Waals surface area contributed by atoms with Gasteiger partial charge < -0.3 is 10.2 Å². The lowest BCUT2D eigenvalue weighted by Crippen LogP contribution is -2.34. The highest BCUT2D eigenvalue weighted by molar-refractivity contribution is 7.08. The summed E-state index contributed by atoms with van der Waals surface area (Å²) in [6.07, 6.45) is 1.82. The third kappa shape index (κ3) is 2.90. The Labute approximate surface area is 128 Å². The van der Waals surface area contributed by atoms with E-state index in [2.05, 4.69) is 44.1 Å². The Balaban J connectivity index is 1.54. The highest BCUT2D eigenvalue weighted by Crippen LogP contribution is 2.26. The number of nitrogens with one attached hydrogen (secondary N) is 1. The van der Waals surface area contributed by atoms with Crippen molar-refractivity contribution in [2.75, 3.05) is 24.5 Å². The van der Waals surface area contributed by atoms with Gasteiger partial charge in [0.25, 0.3) is 5.91 Å². The molecule has 6 heteroatoms. The van der Waals surface area contributed by atoms with E-state index in [4.69, 9.17) is 0 Å². The van der Waals surface area contributed by atoms with Crippen LogP contribution in [-0.2, 0) is 12.8 Å². The van der Waals surface area contributed by atoms with Crippen molar-refractivity contribution in [3.05, 3.63) is 40.4 Å². The number of hydrogen-bond acceptors (Lipinski definition) is 5. The molecule has 1 aromatic heterocycles. The van der Waals surface area contributed by atoms with Gasteiger partial charge in [0.2, 0.25) is 0 Å². The maximum absolute atomic E-state index is 12.1. The van der Waals surface area contributed by atoms with Crippen molar-refractivity contribution in [1.82, 2.24) is 14.9 Å². The molecule has 2 heterocycles. The number of para-hydroxylation sites is 1. The second-order valence-corrected chi connectivity index (χ2v) is 5.78. The molecular formula is C15H18N4OS. The van der Waals surface area contributed by atoms with Gasteiger partial charge in [-0.05, 0) is 36.0 Å². The van der Waals surface area contributed by atoms with Crippen molar-refractivity contribution in [3.8, 4) is 0 Å². The second-order valence-electron chi connectivity index (χ2n) is 5.02. The Morgan fingerprint density at radius 1 is 1.43 bits per heavy atom. The molecule has 1 aliphatic heterocycles. The molecule has 0 atom stereocenters. The molecule has 3 rings (SSSR count). The van der Waals surface area contributed by atoms with Crippen LogP contribution in [0.1, 0.15) is 27.9 Å². The fourth-order valence-corrected chi connectivity index (χ4v) is 3.30. The number of aryl methyl sites for hydroxylation is 1. The molecule has 1 amide bonds. The molecule has 0 bridgehead atoms. The van der Waals surface area contributed by atoms with Gasteiger partial charge in [-0.15, -0.1) is 5.10 Å². The Morgan fingerprint density at radius 2 is 2.29 bits per heavy atom. The summed E-state index contributed by atoms with van der Waals surface area (Å²) in [6.45, 7) is 4.47. The van der Waals surface area contributed by atoms with Crippen LogP contribution < -0.4 is 10.2 Å². The Morgan fingerprint density at radius 3 is 3.14 bits per heavy atom. The third-order valence-electron chi connectivity index (χ3n) is 3.75. The Kier molecular flexibility index (Phi) is 4.15. The summed E-state index contributed by atoms with van der Waals surface area (Å²) in [6, 6.07) is 8.45. The number of benzene rings is 1. The van der Waals surface area contributed by atoms with Crippen LogP contribution in [0.2, 0.25) is 0 Å². The van der Waals surface area contributed by atoms with Gasteiger partial charge in [0.15, 0.2) is 0 Å². The number of amides is 1. The number of fused-ring (bicyclic) bond motifs is 1. The van der Waals surface area contributed by atoms with Gasteiger partial charge in [0.1, 0.15) is 4.88 Å². The fraction of sp³-hybridized carbons (Fsp3) is 0.400. The van der Waals surface area contributed by atoms with Gasteiger partial charge in [-0.3, -0.25) is 4.79 Å². The van der Waals surface area contributed by atoms with E-state index in [1.165, 1.54) is 22.8 Å². The Hall–Kier alpha value is -1.95. The molecular weight excluding hydrogens is 284 g/mol. The van der Waals surface area contributed by atoms with Crippen LogP contribution in [0.25, 0.3) is 0 Å². The fourth-order valence-electron chi connectivity index (χ4n) is 2.64. The summed E-state index contributed by atoms with van der Waals surface area (Å²) in [7, 11) is 0. The summed E-state index contributed by atoms with van der Waals surface area (Å²) in [5, 5.41) is 6.94. The lowest BCUT2D eigenvalue weighted by atomic mass is 10.2. The first-order valence-corrected chi connectivity index (χ1v) is 7.99. The quantitative estimate of drug-likeness (QED) is 0.916. The molecule has 0 aliphatic carbocycles. The van der Waals surface area contributed by atoms with Crippen LogP contribution in [-0.4, -0.2) is 35.1 Å². The molecule has 0 spiro atoms. The molecule has 110 valence electrons. The van der Waals surface area contributed by atoms with E-state index in [-0.39, 0.29) is 5.91 Å². The number of carbonyl (C=O) groups excluding carboxylic acids is 1. The van der Waals surface area contributed by atoms with Gasteiger partial charge in [0, 0.05) is 25.3 Å². The molecule has 0 unspecified atom stereocenters. The van der Waals surface area contributed by atoms with E-state index < -0.39 is 0 Å². The number of rotatable bonds is 5. The summed E-state index contributed by atoms with van der Waals surface area (Å²) in [5.74, 6) is -0.0608. The van der Waals surface area contributed by atoms with Crippen LogP contribution >= 0.6 is 11.5 Å². The molecule has 0 saturated carbocycles. The van der Waals surface area contributed by atoms with Crippen LogP contribution in [0.4, 0.5) is 5.69 Å². The number of aromatic nitrogens is 2. The molecule has 5 nitrogen and oxygen atoms in total. The highest BCUT2D eigenvalue weighted by Gasteiger charge is 2.19. The minimum absolute atomic E-state index is 0.0608. The average Bonchev–Trinajstić information content (AvgIpc) is 3.14. The van der Waals surface area contributed by atoms with Gasteiger partial charge >= 0.3 is 0 Å². The molecule has 1 aliphatic rings. The van der Waals surface area contributed by atoms with Gasteiger partial charge in [0.05, 0.1) is 5.69 Å². The van der Waals surface area contributed by atoms with Crippen molar-refractivity contribution in [2.24, 2.45) is 0 Å². The van der Waals surface area contributed by atoms with E-state index >= 15 is 0 Å². The number of hydrogen-bond donors (Lipinski definition) is 1. The summed E-state index contributed by atoms with van der Waals surface area (Å²) in [5.41, 5.74) is 3.47. The highest BCUT2D eigenvalue weighted by atomic mass is 32.1. The molecule has 0 saturated heterocycles. The van der Waals surface area contributed by atoms with E-state index in [9.17, 15) is 4.79 Å². The third-order valence-corrected chi connectivity index (χ3v) is 4.51. The van der Waals surface area contributed by atoms with E-state index in [0.29, 0.717) is 11.4 Å². The molecule has 0 radical (unpaired) electrons. The first kappa shape index (κ1) is 14.0. The minimum Gasteiger partial charge on any atom is -0.369 e. The van der Waals surface area contributed by atoms with E-state index in [1.807, 2.05) is 6.92 Å². The topological polar surface area (TPSA) is 58.1 Å². The predicted molar refractivity (Wildman–Crippen MR) is 84.0 cm³/mol. The summed E-state index contributed by atoms with van der Waals surface area (Å²) in [4.78, 5) is 15.1. The molecule has 21 heavy (non-hydrogen) atoms. The lowest BCUT2D eigenvalue weighted by Gasteiger charge is -2.19. The second kappa shape index (κ2) is 6.22. The van der Waals surface area contributed by atoms with Gasteiger partial charge in [-0.1, -0.05) is 29.6 Å². The maximum Gasteiger partial charge on any atom is 0.265 e. The molecule has 1 aromatic carbocycles. The first-order valence-electron chi connectivity index (χ1n) is 7.22. The number of nitrogens with zero attached hydrogens (tertiary/aromatic N) is 3. The maximum atomic E-state index is 12.1. The van der Waals surface area contributed by atoms with Gasteiger partial charge in [-0.25, -0.2) is 0 Å². The summed E-state index contributed by atoms with van der Waals surface area (Å²) < 4.78 is 3.85. The minimum atomic E-state index is -0.0608. The first-order chi connectivity index (χ1) is 10.3. The van der Waals surface area contributed by atoms with Crippen LogP contribution in [0.3, 0.4) is 0 Å². The average molecular weight is 302 g/mol. The number of anilines is 1. The Bertz CT molecular complexity index is 640. The van der Waals surface area contributed by atoms with Crippen LogP contribution in [0, 0.1) is 0 Å². The van der Waals surface area contributed by atoms with Gasteiger partial charge in [-0.2, -0.15) is 0 Å². The summed E-state index contributed by atoms with van der Waals surface area (Å²) >= 11 is 1.17. The van der Waals surface area contributed by atoms with Crippen LogP contribution in [0.5, 0.6) is 0 Å². The molecule has 0 fully saturated rings. The SMILES string of the molecule is CCc1nnsc1C(=O)NCCN1CCc2ccccc21. The van der Waals surface area contributed by atoms with E-state index in [1.54, 1.807) is 0 Å². The zero-order valence-corrected chi connectivity index (χ0v) is 12.8. The van der Waals surface area contributed by atoms with Crippen LogP contribution in [0.15, 0.2) is 24.3 Å². The largest absolute Gasteiger partial charge is 0.369 e. The zero-order valence-electron chi connectivity index (χ0n) is 12.0. The van der Waals surface area contributed by atoms with E-state index in [0.717, 1.165) is 31.6 Å². The normalized spacial score (nSPS) is 13.3. The van der Waals surface area contributed by atoms with Crippen molar-refractivity contribution < 1.29 is 4.79 Å².